The molecule has 7 nitrogen and oxygen atoms in total. The summed E-state index contributed by atoms with van der Waals surface area (Å²) in [5, 5.41) is 6.96. The van der Waals surface area contributed by atoms with Crippen LogP contribution in [0.25, 0.3) is 0 Å². The summed E-state index contributed by atoms with van der Waals surface area (Å²) in [6, 6.07) is 3.53. The molecule has 0 bridgehead atoms. The van der Waals surface area contributed by atoms with Crippen molar-refractivity contribution < 1.29 is 14.0 Å². The van der Waals surface area contributed by atoms with Gasteiger partial charge in [-0.15, -0.1) is 0 Å². The van der Waals surface area contributed by atoms with Crippen molar-refractivity contribution in [1.29, 1.82) is 0 Å². The summed E-state index contributed by atoms with van der Waals surface area (Å²) >= 11 is 0. The molecule has 0 aliphatic carbocycles. The van der Waals surface area contributed by atoms with Crippen LogP contribution in [0.2, 0.25) is 0 Å². The largest absolute Gasteiger partial charge is 0.454 e. The minimum absolute atomic E-state index is 0.101. The Morgan fingerprint density at radius 1 is 1.42 bits per heavy atom. The summed E-state index contributed by atoms with van der Waals surface area (Å²) < 4.78 is 7.47. The lowest BCUT2D eigenvalue weighted by atomic mass is 10.2. The number of amides is 2. The third-order valence-corrected chi connectivity index (χ3v) is 4.18. The maximum absolute atomic E-state index is 12.7. The zero-order chi connectivity index (χ0) is 17.1. The smallest absolute Gasteiger partial charge is 0.289 e. The molecule has 128 valence electrons. The number of likely N-dealkylation sites (tertiary alicyclic amines) is 1. The highest BCUT2D eigenvalue weighted by Crippen LogP contribution is 2.22. The molecule has 3 heterocycles. The SMILES string of the molecule is CC(=O)NCc1ccc(C(=O)N2CCC[C@H]2Cn2cc(C)cn2)o1. The number of carbonyl (C=O) groups is 2. The number of furan rings is 1. The highest BCUT2D eigenvalue weighted by Gasteiger charge is 2.31. The van der Waals surface area contributed by atoms with Crippen molar-refractivity contribution in [1.82, 2.24) is 20.0 Å². The van der Waals surface area contributed by atoms with Crippen LogP contribution in [0.15, 0.2) is 28.9 Å². The molecule has 0 radical (unpaired) electrons. The number of hydrogen-bond donors (Lipinski definition) is 1. The van der Waals surface area contributed by atoms with E-state index in [9.17, 15) is 9.59 Å². The van der Waals surface area contributed by atoms with E-state index in [1.54, 1.807) is 12.1 Å². The van der Waals surface area contributed by atoms with E-state index in [1.807, 2.05) is 28.9 Å². The zero-order valence-corrected chi connectivity index (χ0v) is 14.0. The first-order chi connectivity index (χ1) is 11.5. The van der Waals surface area contributed by atoms with E-state index in [4.69, 9.17) is 4.42 Å². The second kappa shape index (κ2) is 6.90. The molecule has 2 amide bonds. The number of hydrogen-bond acceptors (Lipinski definition) is 4. The summed E-state index contributed by atoms with van der Waals surface area (Å²) in [4.78, 5) is 25.5. The van der Waals surface area contributed by atoms with Crippen molar-refractivity contribution in [3.63, 3.8) is 0 Å². The molecule has 1 atom stereocenters. The Morgan fingerprint density at radius 3 is 2.96 bits per heavy atom. The van der Waals surface area contributed by atoms with Gasteiger partial charge in [0, 0.05) is 19.7 Å². The monoisotopic (exact) mass is 330 g/mol. The molecule has 1 fully saturated rings. The minimum atomic E-state index is -0.131. The van der Waals surface area contributed by atoms with Crippen molar-refractivity contribution in [2.24, 2.45) is 0 Å². The third-order valence-electron chi connectivity index (χ3n) is 4.18. The molecule has 1 N–H and O–H groups in total. The maximum atomic E-state index is 12.7. The van der Waals surface area contributed by atoms with Crippen molar-refractivity contribution in [3.05, 3.63) is 41.6 Å². The molecule has 2 aromatic rings. The molecular weight excluding hydrogens is 308 g/mol. The third kappa shape index (κ3) is 3.67. The average Bonchev–Trinajstić information content (AvgIpc) is 3.26. The van der Waals surface area contributed by atoms with Crippen LogP contribution >= 0.6 is 0 Å². The van der Waals surface area contributed by atoms with Gasteiger partial charge in [-0.05, 0) is 37.5 Å². The first-order valence-electron chi connectivity index (χ1n) is 8.16. The number of nitrogens with zero attached hydrogens (tertiary/aromatic N) is 3. The first-order valence-corrected chi connectivity index (χ1v) is 8.16. The van der Waals surface area contributed by atoms with Gasteiger partial charge >= 0.3 is 0 Å². The normalized spacial score (nSPS) is 17.2. The van der Waals surface area contributed by atoms with Gasteiger partial charge in [0.25, 0.3) is 5.91 Å². The van der Waals surface area contributed by atoms with Gasteiger partial charge < -0.3 is 14.6 Å². The van der Waals surface area contributed by atoms with E-state index in [-0.39, 0.29) is 17.9 Å². The second-order valence-corrected chi connectivity index (χ2v) is 6.21. The molecule has 1 saturated heterocycles. The lowest BCUT2D eigenvalue weighted by Gasteiger charge is -2.23. The fourth-order valence-electron chi connectivity index (χ4n) is 3.02. The van der Waals surface area contributed by atoms with Gasteiger partial charge in [0.15, 0.2) is 5.76 Å². The first kappa shape index (κ1) is 16.3. The molecule has 7 heteroatoms. The van der Waals surface area contributed by atoms with Gasteiger partial charge in [-0.3, -0.25) is 14.3 Å². The molecular formula is C17H22N4O3. The van der Waals surface area contributed by atoms with E-state index in [1.165, 1.54) is 6.92 Å². The Bertz CT molecular complexity index is 734. The van der Waals surface area contributed by atoms with Gasteiger partial charge in [-0.25, -0.2) is 0 Å². The standard InChI is InChI=1S/C17H22N4O3/c1-12-8-19-20(10-12)11-14-4-3-7-21(14)17(23)16-6-5-15(24-16)9-18-13(2)22/h5-6,8,10,14H,3-4,7,9,11H2,1-2H3,(H,18,22)/t14-/m0/s1. The lowest BCUT2D eigenvalue weighted by Crippen LogP contribution is -2.38. The Labute approximate surface area is 140 Å². The molecule has 3 rings (SSSR count). The highest BCUT2D eigenvalue weighted by molar-refractivity contribution is 5.92. The summed E-state index contributed by atoms with van der Waals surface area (Å²) in [6.45, 7) is 5.16. The van der Waals surface area contributed by atoms with E-state index in [2.05, 4.69) is 10.4 Å². The van der Waals surface area contributed by atoms with Gasteiger partial charge in [-0.2, -0.15) is 5.10 Å². The predicted octanol–water partition coefficient (Wildman–Crippen LogP) is 1.73. The number of nitrogens with one attached hydrogen (secondary N) is 1. The van der Waals surface area contributed by atoms with Crippen LogP contribution in [0.4, 0.5) is 0 Å². The molecule has 0 aromatic carbocycles. The van der Waals surface area contributed by atoms with Crippen LogP contribution in [-0.2, 0) is 17.9 Å². The van der Waals surface area contributed by atoms with Gasteiger partial charge in [0.1, 0.15) is 5.76 Å². The fraction of sp³-hybridized carbons (Fsp3) is 0.471. The molecule has 0 unspecified atom stereocenters. The summed E-state index contributed by atoms with van der Waals surface area (Å²) in [5.41, 5.74) is 1.11. The van der Waals surface area contributed by atoms with Gasteiger partial charge in [0.2, 0.25) is 5.91 Å². The quantitative estimate of drug-likeness (QED) is 0.905. The highest BCUT2D eigenvalue weighted by atomic mass is 16.4. The Kier molecular flexibility index (Phi) is 4.69. The van der Waals surface area contributed by atoms with Crippen LogP contribution in [-0.4, -0.2) is 39.1 Å². The van der Waals surface area contributed by atoms with Gasteiger partial charge in [-0.1, -0.05) is 0 Å². The Hall–Kier alpha value is -2.57. The Morgan fingerprint density at radius 2 is 2.25 bits per heavy atom. The number of carbonyl (C=O) groups excluding carboxylic acids is 2. The van der Waals surface area contributed by atoms with Crippen LogP contribution < -0.4 is 5.32 Å². The van der Waals surface area contributed by atoms with Crippen molar-refractivity contribution in [2.45, 2.75) is 45.8 Å². The van der Waals surface area contributed by atoms with Crippen molar-refractivity contribution >= 4 is 11.8 Å². The van der Waals surface area contributed by atoms with E-state index >= 15 is 0 Å². The van der Waals surface area contributed by atoms with Crippen LogP contribution in [0.5, 0.6) is 0 Å². The molecule has 0 saturated carbocycles. The topological polar surface area (TPSA) is 80.4 Å². The molecule has 1 aliphatic heterocycles. The van der Waals surface area contributed by atoms with Crippen LogP contribution in [0, 0.1) is 6.92 Å². The molecule has 1 aliphatic rings. The number of rotatable bonds is 5. The van der Waals surface area contributed by atoms with E-state index in [0.29, 0.717) is 24.6 Å². The predicted molar refractivity (Wildman–Crippen MR) is 87.3 cm³/mol. The summed E-state index contributed by atoms with van der Waals surface area (Å²) in [6.07, 6.45) is 5.75. The van der Waals surface area contributed by atoms with E-state index < -0.39 is 0 Å². The molecule has 2 aromatic heterocycles. The van der Waals surface area contributed by atoms with Gasteiger partial charge in [0.05, 0.1) is 25.3 Å². The summed E-state index contributed by atoms with van der Waals surface area (Å²) in [7, 11) is 0. The van der Waals surface area contributed by atoms with Crippen LogP contribution in [0.1, 0.15) is 41.6 Å². The zero-order valence-electron chi connectivity index (χ0n) is 14.0. The van der Waals surface area contributed by atoms with E-state index in [0.717, 1.165) is 24.9 Å². The van der Waals surface area contributed by atoms with Crippen LogP contribution in [0.3, 0.4) is 0 Å². The second-order valence-electron chi connectivity index (χ2n) is 6.21. The fourth-order valence-corrected chi connectivity index (χ4v) is 3.02. The molecule has 24 heavy (non-hydrogen) atoms. The van der Waals surface area contributed by atoms with Crippen molar-refractivity contribution in [3.8, 4) is 0 Å². The maximum Gasteiger partial charge on any atom is 0.289 e. The number of aromatic nitrogens is 2. The average molecular weight is 330 g/mol. The minimum Gasteiger partial charge on any atom is -0.454 e. The lowest BCUT2D eigenvalue weighted by molar-refractivity contribution is -0.119. The summed E-state index contributed by atoms with van der Waals surface area (Å²) in [5.74, 6) is 0.662. The molecule has 0 spiro atoms. The Balaban J connectivity index is 1.65. The number of aryl methyl sites for hydroxylation is 1. The van der Waals surface area contributed by atoms with Crippen molar-refractivity contribution in [2.75, 3.05) is 6.54 Å².